The Balaban J connectivity index is 1.52. The molecule has 1 saturated heterocycles. The van der Waals surface area contributed by atoms with Gasteiger partial charge in [-0.25, -0.2) is 15.0 Å². The minimum Gasteiger partial charge on any atom is -0.378 e. The van der Waals surface area contributed by atoms with E-state index in [9.17, 15) is 0 Å². The van der Waals surface area contributed by atoms with Crippen molar-refractivity contribution in [1.29, 1.82) is 0 Å². The summed E-state index contributed by atoms with van der Waals surface area (Å²) in [5, 5.41) is 6.62. The van der Waals surface area contributed by atoms with Crippen molar-refractivity contribution >= 4 is 17.5 Å². The Labute approximate surface area is 135 Å². The number of rotatable bonds is 3. The van der Waals surface area contributed by atoms with Gasteiger partial charge in [-0.15, -0.1) is 0 Å². The van der Waals surface area contributed by atoms with Gasteiger partial charge < -0.3 is 20.3 Å². The van der Waals surface area contributed by atoms with Crippen LogP contribution in [0.3, 0.4) is 0 Å². The van der Waals surface area contributed by atoms with Gasteiger partial charge >= 0.3 is 0 Å². The maximum atomic E-state index is 5.39. The van der Waals surface area contributed by atoms with Gasteiger partial charge in [0.25, 0.3) is 0 Å². The van der Waals surface area contributed by atoms with Gasteiger partial charge in [0.2, 0.25) is 5.95 Å². The minimum atomic E-state index is 0.631. The van der Waals surface area contributed by atoms with E-state index >= 15 is 0 Å². The Kier molecular flexibility index (Phi) is 4.04. The molecule has 7 nitrogen and oxygen atoms in total. The molecule has 7 heteroatoms. The number of anilines is 3. The Bertz CT molecular complexity index is 686. The van der Waals surface area contributed by atoms with Crippen molar-refractivity contribution in [3.8, 4) is 0 Å². The second-order valence-electron chi connectivity index (χ2n) is 5.72. The van der Waals surface area contributed by atoms with Gasteiger partial charge in [0.1, 0.15) is 5.82 Å². The zero-order valence-electron chi connectivity index (χ0n) is 13.0. The third-order valence-electron chi connectivity index (χ3n) is 4.15. The van der Waals surface area contributed by atoms with E-state index in [1.54, 1.807) is 0 Å². The lowest BCUT2D eigenvalue weighted by molar-refractivity contribution is 0.122. The molecule has 120 valence electrons. The number of morpholine rings is 1. The zero-order valence-corrected chi connectivity index (χ0v) is 13.0. The van der Waals surface area contributed by atoms with Crippen molar-refractivity contribution in [2.45, 2.75) is 13.0 Å². The molecule has 4 rings (SSSR count). The molecule has 2 aliphatic rings. The van der Waals surface area contributed by atoms with Crippen LogP contribution >= 0.6 is 0 Å². The molecule has 23 heavy (non-hydrogen) atoms. The molecule has 0 atom stereocenters. The van der Waals surface area contributed by atoms with Crippen LogP contribution in [0.2, 0.25) is 0 Å². The summed E-state index contributed by atoms with van der Waals surface area (Å²) in [6, 6.07) is 3.97. The Hall–Kier alpha value is -2.25. The van der Waals surface area contributed by atoms with Crippen LogP contribution < -0.4 is 15.5 Å². The highest BCUT2D eigenvalue weighted by molar-refractivity contribution is 5.59. The van der Waals surface area contributed by atoms with E-state index in [1.165, 1.54) is 5.56 Å². The van der Waals surface area contributed by atoms with Crippen molar-refractivity contribution < 1.29 is 4.74 Å². The fraction of sp³-hybridized carbons (Fsp3) is 0.438. The van der Waals surface area contributed by atoms with Crippen LogP contribution in [0.15, 0.2) is 24.5 Å². The highest BCUT2D eigenvalue weighted by Crippen LogP contribution is 2.20. The van der Waals surface area contributed by atoms with Crippen molar-refractivity contribution in [2.75, 3.05) is 43.1 Å². The number of aromatic nitrogens is 3. The first-order valence-electron chi connectivity index (χ1n) is 8.00. The normalized spacial score (nSPS) is 17.7. The van der Waals surface area contributed by atoms with Gasteiger partial charge in [0.15, 0.2) is 0 Å². The highest BCUT2D eigenvalue weighted by atomic mass is 16.5. The average molecular weight is 312 g/mol. The average Bonchev–Trinajstić information content (AvgIpc) is 2.63. The number of pyridine rings is 1. The van der Waals surface area contributed by atoms with Crippen molar-refractivity contribution in [3.63, 3.8) is 0 Å². The van der Waals surface area contributed by atoms with Gasteiger partial charge in [-0.3, -0.25) is 0 Å². The van der Waals surface area contributed by atoms with E-state index in [4.69, 9.17) is 4.74 Å². The fourth-order valence-corrected chi connectivity index (χ4v) is 2.88. The Morgan fingerprint density at radius 1 is 1.22 bits per heavy atom. The van der Waals surface area contributed by atoms with Crippen LogP contribution in [0.25, 0.3) is 0 Å². The SMILES string of the molecule is c1cc(Nc2ncc3c(n2)CNCC3)cc(N2CCOCC2)n1. The highest BCUT2D eigenvalue weighted by Gasteiger charge is 2.14. The van der Waals surface area contributed by atoms with E-state index in [0.29, 0.717) is 5.95 Å². The smallest absolute Gasteiger partial charge is 0.227 e. The summed E-state index contributed by atoms with van der Waals surface area (Å²) >= 11 is 0. The van der Waals surface area contributed by atoms with Crippen LogP contribution in [-0.4, -0.2) is 47.8 Å². The van der Waals surface area contributed by atoms with Crippen LogP contribution in [0, 0.1) is 0 Å². The number of fused-ring (bicyclic) bond motifs is 1. The lowest BCUT2D eigenvalue weighted by Gasteiger charge is -2.28. The number of ether oxygens (including phenoxy) is 1. The standard InChI is InChI=1S/C16H20N6O/c1-3-17-11-14-12(1)10-19-16(21-14)20-13-2-4-18-15(9-13)22-5-7-23-8-6-22/h2,4,9-10,17H,1,3,5-8,11H2,(H,18,19,20,21). The van der Waals surface area contributed by atoms with E-state index in [1.807, 2.05) is 24.5 Å². The summed E-state index contributed by atoms with van der Waals surface area (Å²) in [5.41, 5.74) is 3.26. The topological polar surface area (TPSA) is 75.2 Å². The van der Waals surface area contributed by atoms with Gasteiger partial charge in [0, 0.05) is 43.8 Å². The molecular formula is C16H20N6O. The number of hydrogen-bond acceptors (Lipinski definition) is 7. The number of nitrogens with zero attached hydrogens (tertiary/aromatic N) is 4. The summed E-state index contributed by atoms with van der Waals surface area (Å²) < 4.78 is 5.39. The Morgan fingerprint density at radius 2 is 2.13 bits per heavy atom. The van der Waals surface area contributed by atoms with E-state index in [-0.39, 0.29) is 0 Å². The van der Waals surface area contributed by atoms with Gasteiger partial charge in [-0.1, -0.05) is 0 Å². The Morgan fingerprint density at radius 3 is 3.04 bits per heavy atom. The van der Waals surface area contributed by atoms with Crippen LogP contribution in [0.5, 0.6) is 0 Å². The molecule has 2 aliphatic heterocycles. The van der Waals surface area contributed by atoms with Crippen LogP contribution in [0.1, 0.15) is 11.3 Å². The summed E-state index contributed by atoms with van der Waals surface area (Å²) in [6.45, 7) is 5.05. The molecule has 0 unspecified atom stereocenters. The lowest BCUT2D eigenvalue weighted by Crippen LogP contribution is -2.36. The third-order valence-corrected chi connectivity index (χ3v) is 4.15. The predicted octanol–water partition coefficient (Wildman–Crippen LogP) is 1.10. The van der Waals surface area contributed by atoms with Crippen LogP contribution in [-0.2, 0) is 17.7 Å². The molecule has 4 heterocycles. The van der Waals surface area contributed by atoms with Crippen molar-refractivity contribution in [3.05, 3.63) is 35.8 Å². The molecule has 0 amide bonds. The molecule has 2 aromatic rings. The predicted molar refractivity (Wildman–Crippen MR) is 88.0 cm³/mol. The van der Waals surface area contributed by atoms with Crippen molar-refractivity contribution in [1.82, 2.24) is 20.3 Å². The summed E-state index contributed by atoms with van der Waals surface area (Å²) in [6.07, 6.45) is 4.73. The molecule has 0 radical (unpaired) electrons. The maximum absolute atomic E-state index is 5.39. The van der Waals surface area contributed by atoms with Gasteiger partial charge in [-0.2, -0.15) is 0 Å². The largest absolute Gasteiger partial charge is 0.378 e. The van der Waals surface area contributed by atoms with Crippen molar-refractivity contribution in [2.24, 2.45) is 0 Å². The third kappa shape index (κ3) is 3.25. The van der Waals surface area contributed by atoms with Gasteiger partial charge in [-0.05, 0) is 24.6 Å². The molecule has 0 aliphatic carbocycles. The fourth-order valence-electron chi connectivity index (χ4n) is 2.88. The molecule has 0 aromatic carbocycles. The summed E-state index contributed by atoms with van der Waals surface area (Å²) in [7, 11) is 0. The first kappa shape index (κ1) is 14.3. The first-order chi connectivity index (χ1) is 11.4. The first-order valence-corrected chi connectivity index (χ1v) is 8.00. The molecule has 0 bridgehead atoms. The molecule has 2 aromatic heterocycles. The van der Waals surface area contributed by atoms with E-state index < -0.39 is 0 Å². The lowest BCUT2D eigenvalue weighted by atomic mass is 10.1. The maximum Gasteiger partial charge on any atom is 0.227 e. The number of hydrogen-bond donors (Lipinski definition) is 2. The monoisotopic (exact) mass is 312 g/mol. The molecule has 0 saturated carbocycles. The second kappa shape index (κ2) is 6.47. The second-order valence-corrected chi connectivity index (χ2v) is 5.72. The zero-order chi connectivity index (χ0) is 15.5. The molecule has 2 N–H and O–H groups in total. The minimum absolute atomic E-state index is 0.631. The van der Waals surface area contributed by atoms with E-state index in [2.05, 4.69) is 30.5 Å². The van der Waals surface area contributed by atoms with Gasteiger partial charge in [0.05, 0.1) is 18.9 Å². The van der Waals surface area contributed by atoms with E-state index in [0.717, 1.165) is 63.0 Å². The van der Waals surface area contributed by atoms with Crippen LogP contribution in [0.4, 0.5) is 17.5 Å². The molecular weight excluding hydrogens is 292 g/mol. The molecule has 1 fully saturated rings. The molecule has 0 spiro atoms. The number of nitrogens with one attached hydrogen (secondary N) is 2. The summed E-state index contributed by atoms with van der Waals surface area (Å²) in [4.78, 5) is 15.7. The summed E-state index contributed by atoms with van der Waals surface area (Å²) in [5.74, 6) is 1.59. The quantitative estimate of drug-likeness (QED) is 0.879.